The molecule has 2 nitrogen and oxygen atoms in total. The lowest BCUT2D eigenvalue weighted by Crippen LogP contribution is -2.15. The van der Waals surface area contributed by atoms with E-state index in [4.69, 9.17) is 4.74 Å². The van der Waals surface area contributed by atoms with Crippen LogP contribution in [0.15, 0.2) is 24.3 Å². The van der Waals surface area contributed by atoms with Gasteiger partial charge in [-0.05, 0) is 24.6 Å². The van der Waals surface area contributed by atoms with Crippen LogP contribution in [0.4, 0.5) is 0 Å². The van der Waals surface area contributed by atoms with Crippen LogP contribution in [-0.4, -0.2) is 20.7 Å². The van der Waals surface area contributed by atoms with Gasteiger partial charge in [-0.15, -0.1) is 0 Å². The van der Waals surface area contributed by atoms with E-state index in [0.29, 0.717) is 5.92 Å². The van der Waals surface area contributed by atoms with E-state index in [0.717, 1.165) is 12.3 Å². The monoisotopic (exact) mass is 179 g/mol. The molecule has 0 aromatic heterocycles. The van der Waals surface area contributed by atoms with E-state index in [1.165, 1.54) is 5.56 Å². The Bertz CT molecular complexity index is 260. The molecule has 13 heavy (non-hydrogen) atoms. The van der Waals surface area contributed by atoms with Crippen LogP contribution in [0.3, 0.4) is 0 Å². The van der Waals surface area contributed by atoms with Crippen LogP contribution >= 0.6 is 0 Å². The molecule has 0 aliphatic heterocycles. The summed E-state index contributed by atoms with van der Waals surface area (Å²) in [5, 5.41) is 3.16. The Morgan fingerprint density at radius 2 is 2.08 bits per heavy atom. The molecule has 0 aliphatic rings. The van der Waals surface area contributed by atoms with E-state index in [9.17, 15) is 0 Å². The molecule has 0 bridgehead atoms. The van der Waals surface area contributed by atoms with Gasteiger partial charge in [0.1, 0.15) is 5.75 Å². The first kappa shape index (κ1) is 10.1. The fourth-order valence-electron chi connectivity index (χ4n) is 1.49. The van der Waals surface area contributed by atoms with Gasteiger partial charge in [0.05, 0.1) is 7.11 Å². The van der Waals surface area contributed by atoms with Crippen LogP contribution in [0.2, 0.25) is 0 Å². The number of para-hydroxylation sites is 1. The van der Waals surface area contributed by atoms with Gasteiger partial charge < -0.3 is 10.1 Å². The van der Waals surface area contributed by atoms with Gasteiger partial charge in [-0.1, -0.05) is 25.1 Å². The standard InChI is InChI=1S/C11H17NO/c1-9(8-12-2)10-6-4-5-7-11(10)13-3/h4-7,9,12H,8H2,1-3H3. The molecule has 1 aromatic rings. The molecule has 72 valence electrons. The molecule has 0 spiro atoms. The number of methoxy groups -OCH3 is 1. The summed E-state index contributed by atoms with van der Waals surface area (Å²) in [6.07, 6.45) is 0. The minimum Gasteiger partial charge on any atom is -0.496 e. The molecule has 1 N–H and O–H groups in total. The number of ether oxygens (including phenoxy) is 1. The molecule has 1 rings (SSSR count). The van der Waals surface area contributed by atoms with Gasteiger partial charge in [0.25, 0.3) is 0 Å². The summed E-state index contributed by atoms with van der Waals surface area (Å²) in [7, 11) is 3.68. The van der Waals surface area contributed by atoms with E-state index in [1.54, 1.807) is 7.11 Å². The molecule has 0 heterocycles. The van der Waals surface area contributed by atoms with Crippen molar-refractivity contribution in [2.75, 3.05) is 20.7 Å². The van der Waals surface area contributed by atoms with Crippen LogP contribution < -0.4 is 10.1 Å². The molecule has 0 radical (unpaired) electrons. The van der Waals surface area contributed by atoms with E-state index < -0.39 is 0 Å². The Hall–Kier alpha value is -1.02. The van der Waals surface area contributed by atoms with Crippen molar-refractivity contribution in [2.45, 2.75) is 12.8 Å². The third kappa shape index (κ3) is 2.46. The van der Waals surface area contributed by atoms with Crippen molar-refractivity contribution < 1.29 is 4.74 Å². The molecular weight excluding hydrogens is 162 g/mol. The van der Waals surface area contributed by atoms with Crippen molar-refractivity contribution in [3.8, 4) is 5.75 Å². The Labute approximate surface area is 79.9 Å². The van der Waals surface area contributed by atoms with Gasteiger partial charge in [0.2, 0.25) is 0 Å². The smallest absolute Gasteiger partial charge is 0.122 e. The first-order valence-electron chi connectivity index (χ1n) is 4.57. The number of likely N-dealkylation sites (N-methyl/N-ethyl adjacent to an activating group) is 1. The summed E-state index contributed by atoms with van der Waals surface area (Å²) in [4.78, 5) is 0. The third-order valence-electron chi connectivity index (χ3n) is 2.18. The lowest BCUT2D eigenvalue weighted by atomic mass is 10.0. The summed E-state index contributed by atoms with van der Waals surface area (Å²) >= 11 is 0. The Balaban J connectivity index is 2.85. The number of hydrogen-bond donors (Lipinski definition) is 1. The van der Waals surface area contributed by atoms with E-state index in [1.807, 2.05) is 25.2 Å². The first-order chi connectivity index (χ1) is 6.29. The Morgan fingerprint density at radius 3 is 2.69 bits per heavy atom. The number of rotatable bonds is 4. The van der Waals surface area contributed by atoms with Crippen LogP contribution in [0.1, 0.15) is 18.4 Å². The molecular formula is C11H17NO. The van der Waals surface area contributed by atoms with Gasteiger partial charge >= 0.3 is 0 Å². The maximum absolute atomic E-state index is 5.29. The third-order valence-corrected chi connectivity index (χ3v) is 2.18. The average Bonchev–Trinajstić information content (AvgIpc) is 2.18. The summed E-state index contributed by atoms with van der Waals surface area (Å²) in [6.45, 7) is 3.16. The predicted octanol–water partition coefficient (Wildman–Crippen LogP) is 2.02. The van der Waals surface area contributed by atoms with Crippen LogP contribution in [0.25, 0.3) is 0 Å². The summed E-state index contributed by atoms with van der Waals surface area (Å²) in [5.74, 6) is 1.46. The lowest BCUT2D eigenvalue weighted by molar-refractivity contribution is 0.406. The Kier molecular flexibility index (Phi) is 3.77. The molecule has 0 saturated heterocycles. The summed E-state index contributed by atoms with van der Waals surface area (Å²) in [6, 6.07) is 8.15. The minimum absolute atomic E-state index is 0.487. The number of nitrogens with one attached hydrogen (secondary N) is 1. The normalized spacial score (nSPS) is 12.5. The largest absolute Gasteiger partial charge is 0.496 e. The first-order valence-corrected chi connectivity index (χ1v) is 4.57. The van der Waals surface area contributed by atoms with Gasteiger partial charge in [-0.3, -0.25) is 0 Å². The SMILES string of the molecule is CNCC(C)c1ccccc1OC. The maximum atomic E-state index is 5.29. The van der Waals surface area contributed by atoms with Gasteiger partial charge in [-0.25, -0.2) is 0 Å². The van der Waals surface area contributed by atoms with Gasteiger partial charge in [0.15, 0.2) is 0 Å². The predicted molar refractivity (Wildman–Crippen MR) is 55.3 cm³/mol. The molecule has 0 fully saturated rings. The molecule has 1 aromatic carbocycles. The second kappa shape index (κ2) is 4.87. The van der Waals surface area contributed by atoms with Crippen molar-refractivity contribution in [1.29, 1.82) is 0 Å². The lowest BCUT2D eigenvalue weighted by Gasteiger charge is -2.14. The highest BCUT2D eigenvalue weighted by atomic mass is 16.5. The fourth-order valence-corrected chi connectivity index (χ4v) is 1.49. The van der Waals surface area contributed by atoms with E-state index in [2.05, 4.69) is 18.3 Å². The van der Waals surface area contributed by atoms with Crippen molar-refractivity contribution in [1.82, 2.24) is 5.32 Å². The highest BCUT2D eigenvalue weighted by Crippen LogP contribution is 2.25. The minimum atomic E-state index is 0.487. The van der Waals surface area contributed by atoms with Crippen molar-refractivity contribution >= 4 is 0 Å². The quantitative estimate of drug-likeness (QED) is 0.763. The van der Waals surface area contributed by atoms with Crippen LogP contribution in [-0.2, 0) is 0 Å². The van der Waals surface area contributed by atoms with E-state index in [-0.39, 0.29) is 0 Å². The Morgan fingerprint density at radius 1 is 1.38 bits per heavy atom. The van der Waals surface area contributed by atoms with Crippen molar-refractivity contribution in [3.05, 3.63) is 29.8 Å². The highest BCUT2D eigenvalue weighted by molar-refractivity contribution is 5.35. The molecule has 0 saturated carbocycles. The highest BCUT2D eigenvalue weighted by Gasteiger charge is 2.08. The number of hydrogen-bond acceptors (Lipinski definition) is 2. The molecule has 1 atom stereocenters. The number of benzene rings is 1. The topological polar surface area (TPSA) is 21.3 Å². The fraction of sp³-hybridized carbons (Fsp3) is 0.455. The molecule has 1 unspecified atom stereocenters. The van der Waals surface area contributed by atoms with Gasteiger partial charge in [-0.2, -0.15) is 0 Å². The summed E-state index contributed by atoms with van der Waals surface area (Å²) in [5.41, 5.74) is 1.26. The second-order valence-corrected chi connectivity index (χ2v) is 3.20. The van der Waals surface area contributed by atoms with Crippen molar-refractivity contribution in [3.63, 3.8) is 0 Å². The molecule has 0 aliphatic carbocycles. The maximum Gasteiger partial charge on any atom is 0.122 e. The zero-order valence-corrected chi connectivity index (χ0v) is 8.50. The average molecular weight is 179 g/mol. The van der Waals surface area contributed by atoms with Crippen LogP contribution in [0, 0.1) is 0 Å². The zero-order valence-electron chi connectivity index (χ0n) is 8.50. The van der Waals surface area contributed by atoms with Crippen LogP contribution in [0.5, 0.6) is 5.75 Å². The van der Waals surface area contributed by atoms with Gasteiger partial charge in [0, 0.05) is 6.54 Å². The van der Waals surface area contributed by atoms with E-state index >= 15 is 0 Å². The van der Waals surface area contributed by atoms with Crippen molar-refractivity contribution in [2.24, 2.45) is 0 Å². The zero-order chi connectivity index (χ0) is 9.68. The second-order valence-electron chi connectivity index (χ2n) is 3.20. The molecule has 2 heteroatoms. The molecule has 0 amide bonds. The summed E-state index contributed by atoms with van der Waals surface area (Å²) < 4.78 is 5.29.